The summed E-state index contributed by atoms with van der Waals surface area (Å²) in [4.78, 5) is 0. The summed E-state index contributed by atoms with van der Waals surface area (Å²) in [6, 6.07) is 6.48. The number of aryl methyl sites for hydroxylation is 2. The second-order valence-electron chi connectivity index (χ2n) is 4.39. The molecule has 0 bridgehead atoms. The topological polar surface area (TPSA) is 12.4 Å². The van der Waals surface area contributed by atoms with Crippen molar-refractivity contribution in [2.75, 3.05) is 20.0 Å². The van der Waals surface area contributed by atoms with Crippen LogP contribution in [0.15, 0.2) is 22.9 Å². The molecule has 0 aliphatic rings. The van der Waals surface area contributed by atoms with Crippen LogP contribution in [-0.4, -0.2) is 20.0 Å². The molecule has 0 radical (unpaired) electrons. The Morgan fingerprint density at radius 2 is 1.38 bits per heavy atom. The molecule has 0 spiro atoms. The van der Waals surface area contributed by atoms with E-state index >= 15 is 0 Å². The summed E-state index contributed by atoms with van der Waals surface area (Å²) < 4.78 is 4.72. The van der Waals surface area contributed by atoms with E-state index in [1.807, 2.05) is 0 Å². The van der Waals surface area contributed by atoms with Gasteiger partial charge in [-0.25, -0.2) is 0 Å². The average Bonchev–Trinajstić information content (AvgIpc) is 1.78. The third-order valence-electron chi connectivity index (χ3n) is 1.62. The highest BCUT2D eigenvalue weighted by molar-refractivity contribution is 7.64. The molecule has 0 saturated carbocycles. The number of benzene rings is 1. The van der Waals surface area contributed by atoms with Crippen molar-refractivity contribution in [1.82, 2.24) is 0 Å². The van der Waals surface area contributed by atoms with Gasteiger partial charge in [0.05, 0.1) is 5.69 Å². The second-order valence-corrected chi connectivity index (χ2v) is 8.47. The van der Waals surface area contributed by atoms with Gasteiger partial charge in [-0.3, -0.25) is 4.74 Å². The van der Waals surface area contributed by atoms with Crippen LogP contribution < -0.4 is 0 Å². The fourth-order valence-electron chi connectivity index (χ4n) is 1.35. The molecule has 2 heteroatoms. The van der Waals surface area contributed by atoms with Gasteiger partial charge in [0, 0.05) is 0 Å². The molecule has 1 nitrogen and oxygen atoms in total. The highest BCUT2D eigenvalue weighted by atomic mass is 31.2. The molecule has 1 rings (SSSR count). The van der Waals surface area contributed by atoms with E-state index < -0.39 is 7.05 Å². The summed E-state index contributed by atoms with van der Waals surface area (Å²) >= 11 is 0. The molecule has 0 fully saturated rings. The van der Waals surface area contributed by atoms with E-state index in [2.05, 4.69) is 52.0 Å². The summed E-state index contributed by atoms with van der Waals surface area (Å²) in [6.07, 6.45) is 0. The Balaban J connectivity index is 3.17. The fourth-order valence-corrected chi connectivity index (χ4v) is 2.16. The quantitative estimate of drug-likeness (QED) is 0.600. The Labute approximate surface area is 81.2 Å². The van der Waals surface area contributed by atoms with Crippen LogP contribution in [0.2, 0.25) is 0 Å². The van der Waals surface area contributed by atoms with Gasteiger partial charge in [0.25, 0.3) is 0 Å². The van der Waals surface area contributed by atoms with Crippen molar-refractivity contribution in [3.63, 3.8) is 0 Å². The van der Waals surface area contributed by atoms with Gasteiger partial charge in [-0.15, -0.1) is 0 Å². The van der Waals surface area contributed by atoms with Crippen molar-refractivity contribution < 1.29 is 0 Å². The van der Waals surface area contributed by atoms with E-state index in [0.29, 0.717) is 0 Å². The summed E-state index contributed by atoms with van der Waals surface area (Å²) in [5.41, 5.74) is 3.73. The van der Waals surface area contributed by atoms with Gasteiger partial charge in [0.2, 0.25) is 0 Å². The van der Waals surface area contributed by atoms with E-state index in [0.717, 1.165) is 5.69 Å². The zero-order valence-electron chi connectivity index (χ0n) is 9.13. The molecule has 0 aromatic heterocycles. The largest absolute Gasteiger partial charge is 0.268 e. The lowest BCUT2D eigenvalue weighted by Gasteiger charge is -2.07. The predicted octanol–water partition coefficient (Wildman–Crippen LogP) is 4.03. The molecule has 0 heterocycles. The molecular weight excluding hydrogens is 177 g/mol. The Morgan fingerprint density at radius 1 is 0.923 bits per heavy atom. The summed E-state index contributed by atoms with van der Waals surface area (Å²) in [7, 11) is -1.05. The van der Waals surface area contributed by atoms with Crippen LogP contribution in [0.5, 0.6) is 0 Å². The van der Waals surface area contributed by atoms with Gasteiger partial charge >= 0.3 is 0 Å². The maximum atomic E-state index is 4.72. The van der Waals surface area contributed by atoms with Crippen LogP contribution in [0, 0.1) is 13.8 Å². The molecule has 0 N–H and O–H groups in total. The van der Waals surface area contributed by atoms with Gasteiger partial charge in [-0.05, 0) is 64.2 Å². The van der Waals surface area contributed by atoms with E-state index in [1.165, 1.54) is 11.1 Å². The minimum Gasteiger partial charge on any atom is -0.268 e. The first-order valence-electron chi connectivity index (χ1n) is 4.50. The standard InChI is InChI=1S/C11H18NP/c1-9-6-10(2)8-11(7-9)12-13(3,4)5/h6-8H,1-5H3. The predicted molar refractivity (Wildman–Crippen MR) is 62.7 cm³/mol. The zero-order valence-corrected chi connectivity index (χ0v) is 10.0. The van der Waals surface area contributed by atoms with Crippen LogP contribution in [0.3, 0.4) is 0 Å². The van der Waals surface area contributed by atoms with Crippen LogP contribution >= 0.6 is 7.05 Å². The van der Waals surface area contributed by atoms with Crippen LogP contribution in [0.25, 0.3) is 0 Å². The third kappa shape index (κ3) is 3.78. The Bertz CT molecular complexity index is 332. The number of nitrogens with zero attached hydrogens (tertiary/aromatic N) is 1. The maximum absolute atomic E-state index is 4.72. The highest BCUT2D eigenvalue weighted by Crippen LogP contribution is 2.40. The van der Waals surface area contributed by atoms with Crippen LogP contribution in [0.1, 0.15) is 11.1 Å². The highest BCUT2D eigenvalue weighted by Gasteiger charge is 1.98. The molecule has 0 aliphatic carbocycles. The van der Waals surface area contributed by atoms with Gasteiger partial charge in [-0.1, -0.05) is 6.07 Å². The van der Waals surface area contributed by atoms with Crippen LogP contribution in [-0.2, 0) is 0 Å². The van der Waals surface area contributed by atoms with E-state index in [1.54, 1.807) is 0 Å². The van der Waals surface area contributed by atoms with Crippen molar-refractivity contribution in [3.05, 3.63) is 29.3 Å². The fraction of sp³-hybridized carbons (Fsp3) is 0.455. The van der Waals surface area contributed by atoms with Crippen LogP contribution in [0.4, 0.5) is 5.69 Å². The molecule has 1 aromatic carbocycles. The zero-order chi connectivity index (χ0) is 10.1. The summed E-state index contributed by atoms with van der Waals surface area (Å²) in [6.45, 7) is 10.9. The molecule has 1 aromatic rings. The molecule has 13 heavy (non-hydrogen) atoms. The maximum Gasteiger partial charge on any atom is 0.0618 e. The molecule has 0 amide bonds. The summed E-state index contributed by atoms with van der Waals surface area (Å²) in [5.74, 6) is 0. The van der Waals surface area contributed by atoms with Gasteiger partial charge in [-0.2, -0.15) is 0 Å². The van der Waals surface area contributed by atoms with E-state index in [9.17, 15) is 0 Å². The smallest absolute Gasteiger partial charge is 0.0618 e. The first-order chi connectivity index (χ1) is 5.87. The van der Waals surface area contributed by atoms with Crippen molar-refractivity contribution >= 4 is 12.7 Å². The van der Waals surface area contributed by atoms with E-state index in [4.69, 9.17) is 4.74 Å². The Hall–Kier alpha value is -0.550. The van der Waals surface area contributed by atoms with E-state index in [-0.39, 0.29) is 0 Å². The SMILES string of the molecule is Cc1cc(C)cc(N=P(C)(C)C)c1. The molecule has 0 aliphatic heterocycles. The molecule has 0 atom stereocenters. The molecule has 72 valence electrons. The molecular formula is C11H18NP. The van der Waals surface area contributed by atoms with Crippen molar-refractivity contribution in [1.29, 1.82) is 0 Å². The van der Waals surface area contributed by atoms with Crippen molar-refractivity contribution in [2.45, 2.75) is 13.8 Å². The lowest BCUT2D eigenvalue weighted by molar-refractivity contribution is 1.36. The lowest BCUT2D eigenvalue weighted by atomic mass is 10.1. The Kier molecular flexibility index (Phi) is 2.98. The third-order valence-corrected chi connectivity index (χ3v) is 2.45. The minimum absolute atomic E-state index is 1.05. The van der Waals surface area contributed by atoms with Crippen molar-refractivity contribution in [2.24, 2.45) is 4.74 Å². The minimum atomic E-state index is -1.05. The van der Waals surface area contributed by atoms with Gasteiger partial charge in [0.1, 0.15) is 0 Å². The molecule has 0 saturated heterocycles. The second kappa shape index (κ2) is 3.67. The van der Waals surface area contributed by atoms with Gasteiger partial charge < -0.3 is 0 Å². The monoisotopic (exact) mass is 195 g/mol. The normalized spacial score (nSPS) is 11.5. The first-order valence-corrected chi connectivity index (χ1v) is 7.58. The summed E-state index contributed by atoms with van der Waals surface area (Å²) in [5, 5.41) is 0. The lowest BCUT2D eigenvalue weighted by Crippen LogP contribution is -1.77. The number of hydrogen-bond donors (Lipinski definition) is 0. The average molecular weight is 195 g/mol. The van der Waals surface area contributed by atoms with Crippen molar-refractivity contribution in [3.8, 4) is 0 Å². The first kappa shape index (κ1) is 10.5. The number of hydrogen-bond acceptors (Lipinski definition) is 1. The van der Waals surface area contributed by atoms with Gasteiger partial charge in [0.15, 0.2) is 0 Å². The Morgan fingerprint density at radius 3 is 1.77 bits per heavy atom. The number of rotatable bonds is 1. The molecule has 0 unspecified atom stereocenters.